The van der Waals surface area contributed by atoms with E-state index in [1.165, 1.54) is 0 Å². The molecule has 2 rings (SSSR count). The van der Waals surface area contributed by atoms with Gasteiger partial charge in [-0.3, -0.25) is 0 Å². The fraction of sp³-hybridized carbons (Fsp3) is 0.429. The second-order valence-corrected chi connectivity index (χ2v) is 14.7. The average Bonchev–Trinajstić information content (AvgIpc) is 2.63. The molecule has 2 aromatic carbocycles. The van der Waals surface area contributed by atoms with Crippen LogP contribution in [0.5, 0.6) is 11.5 Å². The van der Waals surface area contributed by atoms with Gasteiger partial charge in [0.25, 0.3) is 0 Å². The maximum absolute atomic E-state index is 9.61. The largest absolute Gasteiger partial charge is 0.489 e. The Morgan fingerprint density at radius 3 is 2.50 bits per heavy atom. The van der Waals surface area contributed by atoms with Gasteiger partial charge >= 0.3 is 0 Å². The van der Waals surface area contributed by atoms with Crippen molar-refractivity contribution in [2.45, 2.75) is 45.8 Å². The third-order valence-electron chi connectivity index (χ3n) is 4.30. The predicted molar refractivity (Wildman–Crippen MR) is 120 cm³/mol. The van der Waals surface area contributed by atoms with E-state index in [-0.39, 0.29) is 13.4 Å². The third kappa shape index (κ3) is 7.08. The molecule has 28 heavy (non-hydrogen) atoms. The molecule has 0 aliphatic heterocycles. The quantitative estimate of drug-likeness (QED) is 0.247. The van der Waals surface area contributed by atoms with Crippen molar-refractivity contribution < 1.29 is 19.3 Å². The Hall–Kier alpha value is -1.05. The van der Waals surface area contributed by atoms with Crippen LogP contribution in [0.4, 0.5) is 0 Å². The van der Waals surface area contributed by atoms with Crippen molar-refractivity contribution in [3.8, 4) is 11.5 Å². The van der Waals surface area contributed by atoms with E-state index < -0.39 is 8.07 Å². The Labute approximate surface area is 181 Å². The molecule has 0 amide bonds. The molecule has 0 aliphatic carbocycles. The molecule has 0 aromatic heterocycles. The Morgan fingerprint density at radius 2 is 1.82 bits per heavy atom. The SMILES string of the molecule is Cc1c(Br)cccc1OCc1cc(OCOCC[Si](C)(C)C)c(CO)cc1Cl. The van der Waals surface area contributed by atoms with Crippen molar-refractivity contribution in [1.82, 2.24) is 0 Å². The molecule has 0 heterocycles. The van der Waals surface area contributed by atoms with E-state index in [0.29, 0.717) is 29.5 Å². The van der Waals surface area contributed by atoms with Crippen molar-refractivity contribution in [2.75, 3.05) is 13.4 Å². The number of rotatable bonds is 10. The van der Waals surface area contributed by atoms with Gasteiger partial charge in [0.1, 0.15) is 18.1 Å². The summed E-state index contributed by atoms with van der Waals surface area (Å²) >= 11 is 9.87. The Kier molecular flexibility index (Phi) is 8.83. The lowest BCUT2D eigenvalue weighted by Crippen LogP contribution is -2.22. The average molecular weight is 488 g/mol. The first-order valence-corrected chi connectivity index (χ1v) is 14.1. The van der Waals surface area contributed by atoms with Crippen molar-refractivity contribution in [1.29, 1.82) is 0 Å². The third-order valence-corrected chi connectivity index (χ3v) is 7.21. The topological polar surface area (TPSA) is 47.9 Å². The molecule has 2 aromatic rings. The van der Waals surface area contributed by atoms with Gasteiger partial charge in [-0.25, -0.2) is 0 Å². The van der Waals surface area contributed by atoms with Crippen molar-refractivity contribution in [2.24, 2.45) is 0 Å². The van der Waals surface area contributed by atoms with Crippen LogP contribution in [0.1, 0.15) is 16.7 Å². The van der Waals surface area contributed by atoms with Crippen LogP contribution in [0.15, 0.2) is 34.8 Å². The molecule has 0 fully saturated rings. The molecule has 0 aliphatic rings. The summed E-state index contributed by atoms with van der Waals surface area (Å²) < 4.78 is 18.3. The summed E-state index contributed by atoms with van der Waals surface area (Å²) in [4.78, 5) is 0. The van der Waals surface area contributed by atoms with Crippen LogP contribution in [-0.2, 0) is 18.0 Å². The second kappa shape index (κ2) is 10.6. The molecular weight excluding hydrogens is 460 g/mol. The van der Waals surface area contributed by atoms with Crippen molar-refractivity contribution in [3.63, 3.8) is 0 Å². The first-order valence-electron chi connectivity index (χ1n) is 9.22. The zero-order valence-electron chi connectivity index (χ0n) is 16.9. The first-order chi connectivity index (χ1) is 13.2. The minimum Gasteiger partial charge on any atom is -0.489 e. The highest BCUT2D eigenvalue weighted by Crippen LogP contribution is 2.30. The van der Waals surface area contributed by atoms with Gasteiger partial charge in [-0.15, -0.1) is 0 Å². The molecule has 7 heteroatoms. The van der Waals surface area contributed by atoms with E-state index in [0.717, 1.165) is 27.4 Å². The summed E-state index contributed by atoms with van der Waals surface area (Å²) in [5.41, 5.74) is 2.44. The van der Waals surface area contributed by atoms with Gasteiger partial charge in [0.15, 0.2) is 6.79 Å². The molecular formula is C21H28BrClO4Si. The van der Waals surface area contributed by atoms with Crippen LogP contribution in [0.25, 0.3) is 0 Å². The highest BCUT2D eigenvalue weighted by Gasteiger charge is 2.13. The summed E-state index contributed by atoms with van der Waals surface area (Å²) in [6, 6.07) is 10.4. The van der Waals surface area contributed by atoms with Crippen molar-refractivity contribution in [3.05, 3.63) is 56.5 Å². The molecule has 1 N–H and O–H groups in total. The molecule has 0 saturated heterocycles. The van der Waals surface area contributed by atoms with Crippen molar-refractivity contribution >= 4 is 35.6 Å². The molecule has 0 spiro atoms. The lowest BCUT2D eigenvalue weighted by Gasteiger charge is -2.17. The van der Waals surface area contributed by atoms with Crippen LogP contribution in [0.3, 0.4) is 0 Å². The second-order valence-electron chi connectivity index (χ2n) is 7.84. The zero-order chi connectivity index (χ0) is 20.7. The van der Waals surface area contributed by atoms with E-state index in [9.17, 15) is 5.11 Å². The molecule has 0 bridgehead atoms. The molecule has 0 saturated carbocycles. The van der Waals surface area contributed by atoms with Crippen LogP contribution in [0, 0.1) is 6.92 Å². The number of aliphatic hydroxyl groups is 1. The standard InChI is InChI=1S/C21H28BrClO4Si/c1-15-18(22)6-5-7-20(15)26-13-17-11-21(16(12-24)10-19(17)23)27-14-25-8-9-28(2,3)4/h5-7,10-11,24H,8-9,12-14H2,1-4H3. The zero-order valence-corrected chi connectivity index (χ0v) is 20.2. The fourth-order valence-electron chi connectivity index (χ4n) is 2.45. The van der Waals surface area contributed by atoms with E-state index in [1.807, 2.05) is 31.2 Å². The van der Waals surface area contributed by atoms with Gasteiger partial charge in [-0.2, -0.15) is 0 Å². The molecule has 0 radical (unpaired) electrons. The molecule has 0 atom stereocenters. The Balaban J connectivity index is 2.03. The van der Waals surface area contributed by atoms with Crippen LogP contribution in [0.2, 0.25) is 30.7 Å². The number of aliphatic hydroxyl groups excluding tert-OH is 1. The summed E-state index contributed by atoms with van der Waals surface area (Å²) in [7, 11) is -1.13. The maximum Gasteiger partial charge on any atom is 0.189 e. The highest BCUT2D eigenvalue weighted by molar-refractivity contribution is 9.10. The number of hydrogen-bond acceptors (Lipinski definition) is 4. The Morgan fingerprint density at radius 1 is 1.07 bits per heavy atom. The summed E-state index contributed by atoms with van der Waals surface area (Å²) in [5, 5.41) is 10.1. The fourth-order valence-corrected chi connectivity index (χ4v) is 3.79. The van der Waals surface area contributed by atoms with Crippen LogP contribution >= 0.6 is 27.5 Å². The van der Waals surface area contributed by atoms with Crippen LogP contribution in [-0.4, -0.2) is 26.6 Å². The van der Waals surface area contributed by atoms with Gasteiger partial charge in [-0.1, -0.05) is 53.2 Å². The molecule has 4 nitrogen and oxygen atoms in total. The van der Waals surface area contributed by atoms with Gasteiger partial charge in [0, 0.05) is 40.9 Å². The molecule has 0 unspecified atom stereocenters. The van der Waals surface area contributed by atoms with Gasteiger partial charge in [0.2, 0.25) is 0 Å². The lowest BCUT2D eigenvalue weighted by molar-refractivity contribution is 0.0207. The number of halogens is 2. The predicted octanol–water partition coefficient (Wildman–Crippen LogP) is 6.17. The van der Waals surface area contributed by atoms with E-state index >= 15 is 0 Å². The Bertz CT molecular complexity index is 793. The van der Waals surface area contributed by atoms with Gasteiger partial charge in [0.05, 0.1) is 6.61 Å². The van der Waals surface area contributed by atoms with Gasteiger partial charge in [-0.05, 0) is 37.2 Å². The summed E-state index contributed by atoms with van der Waals surface area (Å²) in [6.07, 6.45) is 0. The molecule has 154 valence electrons. The number of benzene rings is 2. The number of ether oxygens (including phenoxy) is 3. The maximum atomic E-state index is 9.61. The van der Waals surface area contributed by atoms with E-state index in [4.69, 9.17) is 25.8 Å². The first kappa shape index (κ1) is 23.2. The van der Waals surface area contributed by atoms with E-state index in [2.05, 4.69) is 35.6 Å². The monoisotopic (exact) mass is 486 g/mol. The normalized spacial score (nSPS) is 11.5. The highest BCUT2D eigenvalue weighted by atomic mass is 79.9. The minimum atomic E-state index is -1.13. The summed E-state index contributed by atoms with van der Waals surface area (Å²) in [6.45, 7) is 9.87. The van der Waals surface area contributed by atoms with Gasteiger partial charge < -0.3 is 19.3 Å². The minimum absolute atomic E-state index is 0.143. The number of hydrogen-bond donors (Lipinski definition) is 1. The van der Waals surface area contributed by atoms with Crippen LogP contribution < -0.4 is 9.47 Å². The smallest absolute Gasteiger partial charge is 0.189 e. The lowest BCUT2D eigenvalue weighted by atomic mass is 10.1. The van der Waals surface area contributed by atoms with E-state index in [1.54, 1.807) is 6.07 Å². The summed E-state index contributed by atoms with van der Waals surface area (Å²) in [5.74, 6) is 1.35.